The standard InChI is InChI=1S/C22H22ClF3N4O2S2/c1-3-20(34(31,32)29-12-10-28(2)11-13-29)19-9-8-18(33-19)17-14-21(22(24,25)26)27-30(17)16-7-5-4-6-15(16)23/h3-9,14,20H,1,10-13H2,2H3. The number of benzene rings is 1. The zero-order valence-corrected chi connectivity index (χ0v) is 20.6. The number of hydrogen-bond acceptors (Lipinski definition) is 5. The Morgan fingerprint density at radius 3 is 2.44 bits per heavy atom. The van der Waals surface area contributed by atoms with E-state index in [0.717, 1.165) is 22.1 Å². The monoisotopic (exact) mass is 530 g/mol. The number of aromatic nitrogens is 2. The summed E-state index contributed by atoms with van der Waals surface area (Å²) in [6.07, 6.45) is -3.30. The minimum Gasteiger partial charge on any atom is -0.304 e. The number of sulfonamides is 1. The van der Waals surface area contributed by atoms with Gasteiger partial charge >= 0.3 is 6.18 Å². The predicted molar refractivity (Wildman–Crippen MR) is 128 cm³/mol. The van der Waals surface area contributed by atoms with Gasteiger partial charge in [-0.05, 0) is 37.4 Å². The molecule has 34 heavy (non-hydrogen) atoms. The number of thiophene rings is 1. The van der Waals surface area contributed by atoms with Gasteiger partial charge in [-0.15, -0.1) is 17.9 Å². The highest BCUT2D eigenvalue weighted by Gasteiger charge is 2.37. The molecule has 1 fully saturated rings. The molecule has 3 heterocycles. The highest BCUT2D eigenvalue weighted by atomic mass is 35.5. The molecule has 1 unspecified atom stereocenters. The van der Waals surface area contributed by atoms with Gasteiger partial charge in [0.2, 0.25) is 10.0 Å². The molecule has 6 nitrogen and oxygen atoms in total. The van der Waals surface area contributed by atoms with Crippen molar-refractivity contribution in [2.24, 2.45) is 0 Å². The summed E-state index contributed by atoms with van der Waals surface area (Å²) in [6, 6.07) is 10.6. The lowest BCUT2D eigenvalue weighted by Crippen LogP contribution is -2.48. The first kappa shape index (κ1) is 24.9. The quantitative estimate of drug-likeness (QED) is 0.417. The first-order valence-corrected chi connectivity index (χ1v) is 13.0. The van der Waals surface area contributed by atoms with Crippen LogP contribution in [0.2, 0.25) is 5.02 Å². The number of para-hydroxylation sites is 1. The van der Waals surface area contributed by atoms with Crippen molar-refractivity contribution in [1.29, 1.82) is 0 Å². The fraction of sp³-hybridized carbons (Fsp3) is 0.318. The van der Waals surface area contributed by atoms with Gasteiger partial charge < -0.3 is 4.90 Å². The van der Waals surface area contributed by atoms with Crippen LogP contribution in [0, 0.1) is 0 Å². The van der Waals surface area contributed by atoms with Gasteiger partial charge in [0, 0.05) is 31.1 Å². The van der Waals surface area contributed by atoms with Crippen LogP contribution in [0.5, 0.6) is 0 Å². The van der Waals surface area contributed by atoms with Crippen molar-refractivity contribution >= 4 is 33.0 Å². The topological polar surface area (TPSA) is 58.4 Å². The average molecular weight is 531 g/mol. The molecule has 1 aliphatic rings. The second-order valence-corrected chi connectivity index (χ2v) is 11.5. The summed E-state index contributed by atoms with van der Waals surface area (Å²) in [5.74, 6) is 0. The molecule has 1 aliphatic heterocycles. The van der Waals surface area contributed by atoms with Crippen LogP contribution in [-0.2, 0) is 16.2 Å². The molecule has 3 aromatic rings. The Morgan fingerprint density at radius 1 is 1.15 bits per heavy atom. The van der Waals surface area contributed by atoms with E-state index < -0.39 is 27.1 Å². The molecule has 12 heteroatoms. The zero-order valence-electron chi connectivity index (χ0n) is 18.2. The van der Waals surface area contributed by atoms with Gasteiger partial charge in [-0.25, -0.2) is 13.1 Å². The molecule has 0 amide bonds. The van der Waals surface area contributed by atoms with Crippen molar-refractivity contribution < 1.29 is 21.6 Å². The molecule has 4 rings (SSSR count). The van der Waals surface area contributed by atoms with Crippen LogP contribution in [0.3, 0.4) is 0 Å². The van der Waals surface area contributed by atoms with Crippen LogP contribution in [0.4, 0.5) is 13.2 Å². The van der Waals surface area contributed by atoms with E-state index in [0.29, 0.717) is 35.9 Å². The second kappa shape index (κ2) is 9.46. The maximum absolute atomic E-state index is 13.5. The minimum absolute atomic E-state index is 0.163. The van der Waals surface area contributed by atoms with Gasteiger partial charge in [-0.1, -0.05) is 29.8 Å². The highest BCUT2D eigenvalue weighted by Crippen LogP contribution is 2.40. The Kier molecular flexibility index (Phi) is 6.94. The number of likely N-dealkylation sites (N-methyl/N-ethyl adjacent to an activating group) is 1. The maximum Gasteiger partial charge on any atom is 0.435 e. The van der Waals surface area contributed by atoms with Crippen LogP contribution < -0.4 is 0 Å². The molecule has 0 N–H and O–H groups in total. The van der Waals surface area contributed by atoms with Gasteiger partial charge in [0.15, 0.2) is 5.69 Å². The average Bonchev–Trinajstić information content (AvgIpc) is 3.42. The summed E-state index contributed by atoms with van der Waals surface area (Å²) in [5.41, 5.74) is -0.617. The molecule has 0 bridgehead atoms. The first-order valence-electron chi connectivity index (χ1n) is 10.3. The van der Waals surface area contributed by atoms with Crippen molar-refractivity contribution in [2.45, 2.75) is 11.4 Å². The third kappa shape index (κ3) is 4.80. The molecular formula is C22H22ClF3N4O2S2. The number of alkyl halides is 3. The number of halogens is 4. The first-order chi connectivity index (χ1) is 16.0. The van der Waals surface area contributed by atoms with Gasteiger partial charge in [-0.2, -0.15) is 22.6 Å². The van der Waals surface area contributed by atoms with Crippen LogP contribution in [-0.4, -0.2) is 60.6 Å². The number of rotatable bonds is 6. The van der Waals surface area contributed by atoms with Gasteiger partial charge in [0.1, 0.15) is 5.25 Å². The van der Waals surface area contributed by atoms with Crippen LogP contribution in [0.1, 0.15) is 15.8 Å². The largest absolute Gasteiger partial charge is 0.435 e. The third-order valence-electron chi connectivity index (χ3n) is 5.60. The molecule has 1 saturated heterocycles. The summed E-state index contributed by atoms with van der Waals surface area (Å²) in [5, 5.41) is 2.98. The van der Waals surface area contributed by atoms with E-state index >= 15 is 0 Å². The molecule has 0 saturated carbocycles. The molecule has 2 aromatic heterocycles. The highest BCUT2D eigenvalue weighted by molar-refractivity contribution is 7.89. The summed E-state index contributed by atoms with van der Waals surface area (Å²) in [6.45, 7) is 5.70. The lowest BCUT2D eigenvalue weighted by molar-refractivity contribution is -0.141. The Hall–Kier alpha value is -2.18. The Labute approximate surface area is 204 Å². The fourth-order valence-electron chi connectivity index (χ4n) is 3.73. The van der Waals surface area contributed by atoms with Crippen molar-refractivity contribution in [2.75, 3.05) is 33.2 Å². The van der Waals surface area contributed by atoms with Crippen LogP contribution >= 0.6 is 22.9 Å². The fourth-order valence-corrected chi connectivity index (χ4v) is 7.06. The lowest BCUT2D eigenvalue weighted by Gasteiger charge is -2.33. The third-order valence-corrected chi connectivity index (χ3v) is 9.43. The van der Waals surface area contributed by atoms with E-state index in [4.69, 9.17) is 11.6 Å². The molecule has 0 aliphatic carbocycles. The zero-order chi connectivity index (χ0) is 24.7. The number of hydrogen-bond donors (Lipinski definition) is 0. The van der Waals surface area contributed by atoms with E-state index in [2.05, 4.69) is 11.7 Å². The van der Waals surface area contributed by atoms with E-state index in [9.17, 15) is 21.6 Å². The Morgan fingerprint density at radius 2 is 1.82 bits per heavy atom. The van der Waals surface area contributed by atoms with Crippen LogP contribution in [0.25, 0.3) is 16.3 Å². The molecule has 1 atom stereocenters. The van der Waals surface area contributed by atoms with E-state index in [1.807, 2.05) is 11.9 Å². The number of piperazine rings is 1. The SMILES string of the molecule is C=CC(c1ccc(-c2cc(C(F)(F)F)nn2-c2ccccc2Cl)s1)S(=O)(=O)N1CCN(C)CC1. The smallest absolute Gasteiger partial charge is 0.304 e. The molecule has 0 spiro atoms. The molecule has 182 valence electrons. The summed E-state index contributed by atoms with van der Waals surface area (Å²) >= 11 is 7.33. The van der Waals surface area contributed by atoms with Crippen molar-refractivity contribution in [1.82, 2.24) is 19.0 Å². The van der Waals surface area contributed by atoms with Crippen LogP contribution in [0.15, 0.2) is 55.1 Å². The molecule has 1 aromatic carbocycles. The Bertz CT molecular complexity index is 1300. The molecule has 0 radical (unpaired) electrons. The van der Waals surface area contributed by atoms with E-state index in [1.165, 1.54) is 10.4 Å². The van der Waals surface area contributed by atoms with E-state index in [1.54, 1.807) is 36.4 Å². The molecular weight excluding hydrogens is 509 g/mol. The van der Waals surface area contributed by atoms with Crippen molar-refractivity contribution in [3.05, 3.63) is 70.7 Å². The second-order valence-electron chi connectivity index (χ2n) is 7.88. The summed E-state index contributed by atoms with van der Waals surface area (Å²) < 4.78 is 69.6. The lowest BCUT2D eigenvalue weighted by atomic mass is 10.2. The normalized spacial score (nSPS) is 17.1. The van der Waals surface area contributed by atoms with Crippen molar-refractivity contribution in [3.63, 3.8) is 0 Å². The summed E-state index contributed by atoms with van der Waals surface area (Å²) in [4.78, 5) is 2.94. The van der Waals surface area contributed by atoms with E-state index in [-0.39, 0.29) is 16.4 Å². The minimum atomic E-state index is -4.66. The summed E-state index contributed by atoms with van der Waals surface area (Å²) in [7, 11) is -1.80. The Balaban J connectivity index is 1.75. The maximum atomic E-state index is 13.5. The van der Waals surface area contributed by atoms with Crippen molar-refractivity contribution in [3.8, 4) is 16.3 Å². The van der Waals surface area contributed by atoms with Gasteiger partial charge in [0.05, 0.1) is 21.3 Å². The van der Waals surface area contributed by atoms with Gasteiger partial charge in [0.25, 0.3) is 0 Å². The predicted octanol–water partition coefficient (Wildman–Crippen LogP) is 5.08. The van der Waals surface area contributed by atoms with Gasteiger partial charge in [-0.3, -0.25) is 0 Å². The number of nitrogens with zero attached hydrogens (tertiary/aromatic N) is 4.